The average molecular weight is 513 g/mol. The van der Waals surface area contributed by atoms with Crippen molar-refractivity contribution < 1.29 is 19.1 Å². The van der Waals surface area contributed by atoms with Crippen LogP contribution in [0.2, 0.25) is 18.1 Å². The molecule has 0 radical (unpaired) electrons. The average Bonchev–Trinajstić information content (AvgIpc) is 3.18. The summed E-state index contributed by atoms with van der Waals surface area (Å²) in [4.78, 5) is 17.8. The first-order valence-electron chi connectivity index (χ1n) is 12.5. The second-order valence-electron chi connectivity index (χ2n) is 12.1. The number of rotatable bonds is 6. The molecule has 1 amide bonds. The van der Waals surface area contributed by atoms with E-state index >= 15 is 0 Å². The molecule has 0 bridgehead atoms. The first-order valence-corrected chi connectivity index (χ1v) is 15.4. The molecule has 1 aliphatic heterocycles. The van der Waals surface area contributed by atoms with E-state index in [2.05, 4.69) is 43.9 Å². The highest BCUT2D eigenvalue weighted by molar-refractivity contribution is 6.74. The number of benzene rings is 2. The summed E-state index contributed by atoms with van der Waals surface area (Å²) < 4.78 is 12.4. The number of nitrogens with zero attached hydrogens (tertiary/aromatic N) is 4. The van der Waals surface area contributed by atoms with Gasteiger partial charge in [-0.2, -0.15) is 0 Å². The zero-order valence-electron chi connectivity index (χ0n) is 22.8. The maximum atomic E-state index is 13.3. The summed E-state index contributed by atoms with van der Waals surface area (Å²) in [6, 6.07) is 11.0. The molecule has 1 unspecified atom stereocenters. The minimum atomic E-state index is -2.09. The fourth-order valence-corrected chi connectivity index (χ4v) is 5.79. The van der Waals surface area contributed by atoms with Crippen LogP contribution in [0.15, 0.2) is 41.5 Å². The van der Waals surface area contributed by atoms with Gasteiger partial charge in [-0.3, -0.25) is 4.90 Å². The van der Waals surface area contributed by atoms with Gasteiger partial charge in [0.05, 0.1) is 18.7 Å². The van der Waals surface area contributed by atoms with Crippen molar-refractivity contribution in [3.63, 3.8) is 0 Å². The number of amides is 1. The maximum Gasteiger partial charge on any atom is 0.410 e. The van der Waals surface area contributed by atoms with Gasteiger partial charge in [0, 0.05) is 11.5 Å². The molecule has 3 rings (SSSR count). The van der Waals surface area contributed by atoms with Crippen LogP contribution in [-0.4, -0.2) is 48.7 Å². The van der Waals surface area contributed by atoms with Gasteiger partial charge >= 0.3 is 6.09 Å². The van der Waals surface area contributed by atoms with E-state index in [-0.39, 0.29) is 17.7 Å². The number of fused-ring (bicyclic) bond motifs is 1. The molecule has 0 spiro atoms. The Morgan fingerprint density at radius 3 is 2.39 bits per heavy atom. The smallest absolute Gasteiger partial charge is 0.410 e. The minimum absolute atomic E-state index is 0.0262. The molecule has 8 nitrogen and oxygen atoms in total. The fraction of sp³-hybridized carbons (Fsp3) is 0.593. The number of aliphatic hydroxyl groups is 1. The molecule has 1 saturated heterocycles. The molecular formula is C27H40N4O4Si. The molecule has 1 N–H and O–H groups in total. The Morgan fingerprint density at radius 1 is 1.17 bits per heavy atom. The molecule has 3 atom stereocenters. The molecule has 196 valence electrons. The summed E-state index contributed by atoms with van der Waals surface area (Å²) in [7, 11) is -2.09. The highest BCUT2D eigenvalue weighted by Gasteiger charge is 2.46. The Balaban J connectivity index is 1.99. The Bertz CT molecular complexity index is 1150. The van der Waals surface area contributed by atoms with E-state index in [4.69, 9.17) is 14.7 Å². The zero-order valence-corrected chi connectivity index (χ0v) is 23.8. The van der Waals surface area contributed by atoms with Gasteiger partial charge in [-0.1, -0.05) is 62.3 Å². The van der Waals surface area contributed by atoms with Crippen LogP contribution in [0.5, 0.6) is 0 Å². The van der Waals surface area contributed by atoms with Crippen LogP contribution in [0.1, 0.15) is 65.2 Å². The van der Waals surface area contributed by atoms with E-state index in [9.17, 15) is 9.90 Å². The standard InChI is InChI=1S/C27H40N4O4Si/c1-26(2,3)34-25(33)31-17-19(35-36(7,8)27(4,5)6)15-23(31)24(32)22-14-13-18(16-29-30-28)20-11-9-10-12-21(20)22/h9-14,19,23-24,32H,15-17H2,1-8H3/t19-,23+,24?/m1/s1. The summed E-state index contributed by atoms with van der Waals surface area (Å²) in [5.74, 6) is 0. The summed E-state index contributed by atoms with van der Waals surface area (Å²) in [5.41, 5.74) is 9.72. The number of ether oxygens (including phenoxy) is 1. The molecule has 1 aliphatic rings. The second kappa shape index (κ2) is 10.4. The first kappa shape index (κ1) is 28.0. The third-order valence-corrected chi connectivity index (χ3v) is 11.8. The zero-order chi connectivity index (χ0) is 26.9. The number of hydrogen-bond acceptors (Lipinski definition) is 5. The van der Waals surface area contributed by atoms with E-state index in [1.54, 1.807) is 4.90 Å². The lowest BCUT2D eigenvalue weighted by Crippen LogP contribution is -2.45. The molecule has 0 aliphatic carbocycles. The molecule has 9 heteroatoms. The van der Waals surface area contributed by atoms with E-state index in [1.165, 1.54) is 0 Å². The number of carbonyl (C=O) groups is 1. The number of hydrogen-bond donors (Lipinski definition) is 1. The summed E-state index contributed by atoms with van der Waals surface area (Å²) in [5, 5.41) is 17.2. The third-order valence-electron chi connectivity index (χ3n) is 7.24. The first-order chi connectivity index (χ1) is 16.6. The van der Waals surface area contributed by atoms with Crippen molar-refractivity contribution in [2.24, 2.45) is 5.11 Å². The lowest BCUT2D eigenvalue weighted by atomic mass is 9.92. The van der Waals surface area contributed by atoms with Crippen LogP contribution >= 0.6 is 0 Å². The van der Waals surface area contributed by atoms with Crippen LogP contribution in [0.4, 0.5) is 4.79 Å². The number of carbonyl (C=O) groups excluding carboxylic acids is 1. The Labute approximate surface area is 215 Å². The lowest BCUT2D eigenvalue weighted by Gasteiger charge is -2.38. The van der Waals surface area contributed by atoms with Gasteiger partial charge in [-0.05, 0) is 72.8 Å². The maximum absolute atomic E-state index is 13.3. The molecule has 36 heavy (non-hydrogen) atoms. The van der Waals surface area contributed by atoms with Crippen molar-refractivity contribution in [1.82, 2.24) is 4.90 Å². The lowest BCUT2D eigenvalue weighted by molar-refractivity contribution is 0.00465. The van der Waals surface area contributed by atoms with Crippen molar-refractivity contribution >= 4 is 25.2 Å². The number of likely N-dealkylation sites (tertiary alicyclic amines) is 1. The van der Waals surface area contributed by atoms with Crippen molar-refractivity contribution in [2.45, 2.75) is 96.5 Å². The van der Waals surface area contributed by atoms with E-state index in [0.717, 1.165) is 21.9 Å². The predicted molar refractivity (Wildman–Crippen MR) is 145 cm³/mol. The van der Waals surface area contributed by atoms with Gasteiger partial charge < -0.3 is 14.3 Å². The molecule has 0 saturated carbocycles. The second-order valence-corrected chi connectivity index (χ2v) is 16.9. The van der Waals surface area contributed by atoms with Gasteiger partial charge in [0.25, 0.3) is 0 Å². The van der Waals surface area contributed by atoms with Gasteiger partial charge in [0.2, 0.25) is 0 Å². The summed E-state index contributed by atoms with van der Waals surface area (Å²) in [6.45, 7) is 17.1. The Kier molecular flexibility index (Phi) is 8.10. The van der Waals surface area contributed by atoms with E-state index in [1.807, 2.05) is 57.2 Å². The third kappa shape index (κ3) is 6.21. The van der Waals surface area contributed by atoms with Gasteiger partial charge in [0.1, 0.15) is 11.7 Å². The van der Waals surface area contributed by atoms with E-state index in [0.29, 0.717) is 13.0 Å². The van der Waals surface area contributed by atoms with Crippen molar-refractivity contribution in [1.29, 1.82) is 0 Å². The van der Waals surface area contributed by atoms with Crippen LogP contribution in [0.25, 0.3) is 21.2 Å². The Hall–Kier alpha value is -2.58. The van der Waals surface area contributed by atoms with Gasteiger partial charge in [0.15, 0.2) is 8.32 Å². The highest BCUT2D eigenvalue weighted by Crippen LogP contribution is 2.41. The summed E-state index contributed by atoms with van der Waals surface area (Å²) in [6.07, 6.45) is -1.06. The van der Waals surface area contributed by atoms with Gasteiger partial charge in [-0.25, -0.2) is 4.79 Å². The van der Waals surface area contributed by atoms with Crippen molar-refractivity contribution in [3.8, 4) is 0 Å². The van der Waals surface area contributed by atoms with Gasteiger partial charge in [-0.15, -0.1) is 0 Å². The highest BCUT2D eigenvalue weighted by atomic mass is 28.4. The molecule has 2 aromatic carbocycles. The quantitative estimate of drug-likeness (QED) is 0.193. The molecule has 1 fully saturated rings. The van der Waals surface area contributed by atoms with Crippen LogP contribution in [-0.2, 0) is 15.7 Å². The monoisotopic (exact) mass is 512 g/mol. The number of azide groups is 1. The van der Waals surface area contributed by atoms with Crippen LogP contribution < -0.4 is 0 Å². The van der Waals surface area contributed by atoms with E-state index < -0.39 is 32.2 Å². The number of aliphatic hydroxyl groups excluding tert-OH is 1. The molecule has 2 aromatic rings. The van der Waals surface area contributed by atoms with Crippen LogP contribution in [0.3, 0.4) is 0 Å². The molecule has 0 aromatic heterocycles. The van der Waals surface area contributed by atoms with Crippen LogP contribution in [0, 0.1) is 0 Å². The predicted octanol–water partition coefficient (Wildman–Crippen LogP) is 7.08. The largest absolute Gasteiger partial charge is 0.444 e. The normalized spacial score (nSPS) is 19.8. The van der Waals surface area contributed by atoms with Crippen molar-refractivity contribution in [3.05, 3.63) is 58.0 Å². The molecular weight excluding hydrogens is 472 g/mol. The summed E-state index contributed by atoms with van der Waals surface area (Å²) >= 11 is 0. The van der Waals surface area contributed by atoms with Crippen molar-refractivity contribution in [2.75, 3.05) is 6.54 Å². The minimum Gasteiger partial charge on any atom is -0.444 e. The topological polar surface area (TPSA) is 108 Å². The molecule has 1 heterocycles. The Morgan fingerprint density at radius 2 is 1.81 bits per heavy atom. The SMILES string of the molecule is CC(C)(C)OC(=O)N1C[C@H](O[Si](C)(C)C(C)(C)C)C[C@H]1C(O)c1ccc(CN=[N+]=[N-])c2ccccc12. The fourth-order valence-electron chi connectivity index (χ4n) is 4.43.